The van der Waals surface area contributed by atoms with E-state index in [1.54, 1.807) is 51.1 Å². The molecule has 0 spiro atoms. The average Bonchev–Trinajstić information content (AvgIpc) is 2.92. The molecule has 0 aliphatic carbocycles. The Morgan fingerprint density at radius 3 is 1.83 bits per heavy atom. The molecule has 0 aliphatic rings. The molecule has 11 nitrogen and oxygen atoms in total. The first-order valence-electron chi connectivity index (χ1n) is 14.1. The third-order valence-electron chi connectivity index (χ3n) is 6.39. The zero-order chi connectivity index (χ0) is 31.2. The lowest BCUT2D eigenvalue weighted by Gasteiger charge is -2.25. The van der Waals surface area contributed by atoms with Gasteiger partial charge in [0.2, 0.25) is 0 Å². The summed E-state index contributed by atoms with van der Waals surface area (Å²) in [6.07, 6.45) is -0.756. The number of carboxylic acid groups (broad SMARTS) is 1. The van der Waals surface area contributed by atoms with Gasteiger partial charge in [-0.05, 0) is 69.9 Å². The van der Waals surface area contributed by atoms with Gasteiger partial charge in [0, 0.05) is 5.92 Å². The van der Waals surface area contributed by atoms with Gasteiger partial charge in [0.05, 0.1) is 5.56 Å². The molecular formula is C31H41NO10. The van der Waals surface area contributed by atoms with E-state index in [4.69, 9.17) is 29.4 Å². The number of hydrogen-bond acceptors (Lipinski definition) is 10. The first-order chi connectivity index (χ1) is 19.9. The van der Waals surface area contributed by atoms with Crippen molar-refractivity contribution in [3.8, 4) is 11.5 Å². The minimum absolute atomic E-state index is 0.0280. The molecule has 0 bridgehead atoms. The molecule has 2 aromatic carbocycles. The van der Waals surface area contributed by atoms with Crippen molar-refractivity contribution in [2.45, 2.75) is 97.0 Å². The minimum atomic E-state index is -1.40. The van der Waals surface area contributed by atoms with Crippen LogP contribution in [0.25, 0.3) is 0 Å². The van der Waals surface area contributed by atoms with Crippen LogP contribution >= 0.6 is 0 Å². The molecule has 0 saturated heterocycles. The molecule has 2 rings (SSSR count). The van der Waals surface area contributed by atoms with Crippen molar-refractivity contribution in [2.75, 3.05) is 0 Å². The molecule has 0 heterocycles. The Balaban J connectivity index is 2.36. The number of benzene rings is 2. The summed E-state index contributed by atoms with van der Waals surface area (Å²) < 4.78 is 26.8. The van der Waals surface area contributed by atoms with Gasteiger partial charge in [-0.25, -0.2) is 14.4 Å². The van der Waals surface area contributed by atoms with E-state index >= 15 is 0 Å². The van der Waals surface area contributed by atoms with Gasteiger partial charge >= 0.3 is 24.2 Å². The van der Waals surface area contributed by atoms with E-state index in [-0.39, 0.29) is 17.9 Å². The molecule has 42 heavy (non-hydrogen) atoms. The summed E-state index contributed by atoms with van der Waals surface area (Å²) in [6.45, 7) is 8.95. The van der Waals surface area contributed by atoms with Crippen LogP contribution in [0.15, 0.2) is 48.5 Å². The summed E-state index contributed by atoms with van der Waals surface area (Å²) in [5, 5.41) is 9.73. The van der Waals surface area contributed by atoms with Crippen LogP contribution in [0, 0.1) is 0 Å². The quantitative estimate of drug-likeness (QED) is 0.138. The fourth-order valence-corrected chi connectivity index (χ4v) is 4.30. The average molecular weight is 588 g/mol. The second kappa shape index (κ2) is 17.0. The fraction of sp³-hybridized carbons (Fsp3) is 0.484. The van der Waals surface area contributed by atoms with Crippen molar-refractivity contribution in [2.24, 2.45) is 5.73 Å². The fourth-order valence-electron chi connectivity index (χ4n) is 4.30. The van der Waals surface area contributed by atoms with Crippen molar-refractivity contribution in [1.29, 1.82) is 0 Å². The number of hydrogen-bond donors (Lipinski definition) is 2. The maximum absolute atomic E-state index is 12.6. The normalized spacial score (nSPS) is 14.4. The number of carboxylic acids is 1. The summed E-state index contributed by atoms with van der Waals surface area (Å²) in [7, 11) is 0. The molecule has 2 aromatic rings. The molecule has 230 valence electrons. The highest BCUT2D eigenvalue weighted by Crippen LogP contribution is 2.35. The first-order valence-corrected chi connectivity index (χ1v) is 14.1. The zero-order valence-electron chi connectivity index (χ0n) is 24.7. The number of esters is 1. The number of aliphatic carboxylic acids is 1. The van der Waals surface area contributed by atoms with Crippen LogP contribution in [-0.4, -0.2) is 53.7 Å². The Labute approximate surface area is 246 Å². The lowest BCUT2D eigenvalue weighted by Crippen LogP contribution is -2.38. The molecule has 0 fully saturated rings. The van der Waals surface area contributed by atoms with E-state index in [0.717, 1.165) is 12.8 Å². The Morgan fingerprint density at radius 2 is 1.31 bits per heavy atom. The van der Waals surface area contributed by atoms with Crippen molar-refractivity contribution in [3.63, 3.8) is 0 Å². The van der Waals surface area contributed by atoms with E-state index in [2.05, 4.69) is 0 Å². The Hall–Kier alpha value is -4.12. The van der Waals surface area contributed by atoms with E-state index in [1.807, 2.05) is 13.8 Å². The molecule has 3 N–H and O–H groups in total. The summed E-state index contributed by atoms with van der Waals surface area (Å²) >= 11 is 0. The second-order valence-electron chi connectivity index (χ2n) is 10.1. The number of carbonyl (C=O) groups is 4. The first kappa shape index (κ1) is 34.1. The zero-order valence-corrected chi connectivity index (χ0v) is 24.7. The van der Waals surface area contributed by atoms with E-state index in [1.165, 1.54) is 18.2 Å². The van der Waals surface area contributed by atoms with Gasteiger partial charge in [-0.2, -0.15) is 0 Å². The van der Waals surface area contributed by atoms with Crippen molar-refractivity contribution in [3.05, 3.63) is 59.7 Å². The van der Waals surface area contributed by atoms with Gasteiger partial charge in [-0.3, -0.25) is 4.79 Å². The maximum Gasteiger partial charge on any atom is 0.514 e. The van der Waals surface area contributed by atoms with Gasteiger partial charge < -0.3 is 34.5 Å². The lowest BCUT2D eigenvalue weighted by molar-refractivity contribution is -0.139. The molecule has 11 heteroatoms. The van der Waals surface area contributed by atoms with Crippen molar-refractivity contribution in [1.82, 2.24) is 0 Å². The minimum Gasteiger partial charge on any atom is -0.480 e. The van der Waals surface area contributed by atoms with Crippen LogP contribution in [0.1, 0.15) is 88.6 Å². The van der Waals surface area contributed by atoms with Gasteiger partial charge in [0.1, 0.15) is 24.4 Å². The number of rotatable bonds is 15. The molecule has 0 amide bonds. The van der Waals surface area contributed by atoms with Crippen LogP contribution in [0.4, 0.5) is 9.59 Å². The second-order valence-corrected chi connectivity index (χ2v) is 10.1. The predicted octanol–water partition coefficient (Wildman–Crippen LogP) is 6.23. The highest BCUT2D eigenvalue weighted by atomic mass is 16.7. The summed E-state index contributed by atoms with van der Waals surface area (Å²) in [5.41, 5.74) is 6.75. The maximum atomic E-state index is 12.6. The summed E-state index contributed by atoms with van der Waals surface area (Å²) in [4.78, 5) is 49.5. The van der Waals surface area contributed by atoms with Gasteiger partial charge in [0.15, 0.2) is 11.5 Å². The summed E-state index contributed by atoms with van der Waals surface area (Å²) in [5.74, 6) is -3.08. The molecular weight excluding hydrogens is 546 g/mol. The van der Waals surface area contributed by atoms with E-state index < -0.39 is 54.5 Å². The van der Waals surface area contributed by atoms with Gasteiger partial charge in [-0.15, -0.1) is 0 Å². The molecule has 5 atom stereocenters. The van der Waals surface area contributed by atoms with Crippen molar-refractivity contribution >= 4 is 24.2 Å². The van der Waals surface area contributed by atoms with Gasteiger partial charge in [-0.1, -0.05) is 51.0 Å². The highest BCUT2D eigenvalue weighted by Gasteiger charge is 2.30. The third kappa shape index (κ3) is 11.0. The number of ether oxygens (including phenoxy) is 5. The highest BCUT2D eigenvalue weighted by molar-refractivity contribution is 5.89. The monoisotopic (exact) mass is 587 g/mol. The number of carbonyl (C=O) groups excluding carboxylic acids is 3. The molecule has 0 aromatic heterocycles. The van der Waals surface area contributed by atoms with E-state index in [9.17, 15) is 24.3 Å². The van der Waals surface area contributed by atoms with Crippen LogP contribution in [0.3, 0.4) is 0 Å². The largest absolute Gasteiger partial charge is 0.514 e. The molecule has 0 aliphatic heterocycles. The standard InChI is InChI=1S/C31H41NO10/c1-6-11-19(3)39-30(36)41-25-16-15-23(18-26(25)42-31(37)40-20(4)12-7-2)24(27(32)28(33)34)17-21(5)38-29(35)22-13-9-8-10-14-22/h8-10,13-16,18-21,24,27H,6-7,11-12,17,32H2,1-5H3,(H,33,34)/t19?,20?,21?,24?,27-/m0/s1. The Bertz CT molecular complexity index is 1190. The third-order valence-corrected chi connectivity index (χ3v) is 6.39. The molecule has 0 radical (unpaired) electrons. The SMILES string of the molecule is CCCC(C)OC(=O)Oc1ccc(C(CC(C)OC(=O)c2ccccc2)[C@H](N)C(=O)O)cc1OC(=O)OC(C)CCC. The van der Waals surface area contributed by atoms with Gasteiger partial charge in [0.25, 0.3) is 0 Å². The lowest BCUT2D eigenvalue weighted by atomic mass is 9.87. The molecule has 0 saturated carbocycles. The Kier molecular flexibility index (Phi) is 13.8. The van der Waals surface area contributed by atoms with Crippen LogP contribution in [0.5, 0.6) is 11.5 Å². The van der Waals surface area contributed by atoms with Crippen LogP contribution in [0.2, 0.25) is 0 Å². The predicted molar refractivity (Wildman–Crippen MR) is 154 cm³/mol. The van der Waals surface area contributed by atoms with Crippen LogP contribution in [-0.2, 0) is 19.0 Å². The smallest absolute Gasteiger partial charge is 0.480 e. The number of nitrogens with two attached hydrogens (primary N) is 1. The Morgan fingerprint density at radius 1 is 0.762 bits per heavy atom. The van der Waals surface area contributed by atoms with Crippen molar-refractivity contribution < 1.29 is 48.0 Å². The molecule has 4 unspecified atom stereocenters. The summed E-state index contributed by atoms with van der Waals surface area (Å²) in [6, 6.07) is 11.2. The van der Waals surface area contributed by atoms with Crippen LogP contribution < -0.4 is 15.2 Å². The topological polar surface area (TPSA) is 161 Å². The van der Waals surface area contributed by atoms with E-state index in [0.29, 0.717) is 24.0 Å².